The maximum atomic E-state index is 5.87. The molecule has 3 heteroatoms. The lowest BCUT2D eigenvalue weighted by Gasteiger charge is -2.13. The maximum absolute atomic E-state index is 5.87. The molecule has 0 saturated carbocycles. The van der Waals surface area contributed by atoms with Crippen LogP contribution in [0.3, 0.4) is 0 Å². The summed E-state index contributed by atoms with van der Waals surface area (Å²) in [7, 11) is 1.97. The van der Waals surface area contributed by atoms with Crippen LogP contribution >= 0.6 is 0 Å². The summed E-state index contributed by atoms with van der Waals surface area (Å²) in [5.74, 6) is 1.01. The Bertz CT molecular complexity index is 445. The Morgan fingerprint density at radius 1 is 1.33 bits per heavy atom. The Morgan fingerprint density at radius 2 is 2.17 bits per heavy atom. The molecule has 0 aliphatic rings. The molecule has 0 radical (unpaired) electrons. The van der Waals surface area contributed by atoms with Crippen LogP contribution in [0.4, 0.5) is 0 Å². The quantitative estimate of drug-likeness (QED) is 0.760. The lowest BCUT2D eigenvalue weighted by Crippen LogP contribution is -2.16. The summed E-state index contributed by atoms with van der Waals surface area (Å²) in [4.78, 5) is 0. The van der Waals surface area contributed by atoms with Gasteiger partial charge in [-0.25, -0.2) is 0 Å². The molecule has 0 amide bonds. The largest absolute Gasteiger partial charge is 0.459 e. The summed E-state index contributed by atoms with van der Waals surface area (Å²) in [5.41, 5.74) is 0.956. The van der Waals surface area contributed by atoms with Crippen LogP contribution in [0.1, 0.15) is 31.6 Å². The zero-order valence-electron chi connectivity index (χ0n) is 11.1. The van der Waals surface area contributed by atoms with Crippen LogP contribution in [0, 0.1) is 0 Å². The molecular formula is C15H21NO2. The minimum atomic E-state index is 0.262. The van der Waals surface area contributed by atoms with Gasteiger partial charge in [-0.1, -0.05) is 18.2 Å². The summed E-state index contributed by atoms with van der Waals surface area (Å²) in [6.07, 6.45) is 2.06. The molecule has 1 aromatic carbocycles. The number of para-hydroxylation sites is 1. The first-order valence-electron chi connectivity index (χ1n) is 6.58. The highest BCUT2D eigenvalue weighted by Crippen LogP contribution is 2.26. The fraction of sp³-hybridized carbons (Fsp3) is 0.467. The Hall–Kier alpha value is -1.32. The summed E-state index contributed by atoms with van der Waals surface area (Å²) in [6.45, 7) is 3.62. The molecule has 2 rings (SSSR count). The summed E-state index contributed by atoms with van der Waals surface area (Å²) in [6, 6.07) is 10.5. The molecule has 0 aliphatic carbocycles. The van der Waals surface area contributed by atoms with E-state index in [1.54, 1.807) is 0 Å². The predicted octanol–water partition coefficient (Wildman–Crippen LogP) is 3.51. The van der Waals surface area contributed by atoms with Gasteiger partial charge in [0.2, 0.25) is 0 Å². The number of rotatable bonds is 7. The minimum Gasteiger partial charge on any atom is -0.459 e. The van der Waals surface area contributed by atoms with Gasteiger partial charge in [0.15, 0.2) is 0 Å². The Morgan fingerprint density at radius 3 is 2.89 bits per heavy atom. The molecule has 1 heterocycles. The zero-order chi connectivity index (χ0) is 12.8. The SMILES string of the molecule is CCOCCCC(NC)c1cc2ccccc2o1. The average molecular weight is 247 g/mol. The highest BCUT2D eigenvalue weighted by molar-refractivity contribution is 5.77. The van der Waals surface area contributed by atoms with Crippen molar-refractivity contribution in [2.24, 2.45) is 0 Å². The molecule has 3 nitrogen and oxygen atoms in total. The molecule has 0 fully saturated rings. The van der Waals surface area contributed by atoms with Gasteiger partial charge >= 0.3 is 0 Å². The first kappa shape index (κ1) is 13.1. The normalized spacial score (nSPS) is 13.0. The van der Waals surface area contributed by atoms with Crippen molar-refractivity contribution in [1.82, 2.24) is 5.32 Å². The van der Waals surface area contributed by atoms with E-state index in [1.165, 1.54) is 0 Å². The number of benzene rings is 1. The van der Waals surface area contributed by atoms with Crippen LogP contribution in [0.15, 0.2) is 34.7 Å². The Kier molecular flexibility index (Phi) is 4.79. The van der Waals surface area contributed by atoms with Gasteiger partial charge in [0, 0.05) is 18.6 Å². The summed E-state index contributed by atoms with van der Waals surface area (Å²) >= 11 is 0. The van der Waals surface area contributed by atoms with Gasteiger partial charge in [-0.15, -0.1) is 0 Å². The van der Waals surface area contributed by atoms with Gasteiger partial charge in [0.05, 0.1) is 6.04 Å². The molecule has 1 atom stereocenters. The van der Waals surface area contributed by atoms with Gasteiger partial charge in [-0.3, -0.25) is 0 Å². The monoisotopic (exact) mass is 247 g/mol. The van der Waals surface area contributed by atoms with Gasteiger partial charge in [-0.05, 0) is 38.9 Å². The maximum Gasteiger partial charge on any atom is 0.134 e. The lowest BCUT2D eigenvalue weighted by atomic mass is 10.1. The number of hydrogen-bond donors (Lipinski definition) is 1. The fourth-order valence-corrected chi connectivity index (χ4v) is 2.14. The zero-order valence-corrected chi connectivity index (χ0v) is 11.1. The highest BCUT2D eigenvalue weighted by atomic mass is 16.5. The molecule has 1 N–H and O–H groups in total. The molecule has 2 aromatic rings. The number of ether oxygens (including phenoxy) is 1. The summed E-state index contributed by atoms with van der Waals surface area (Å²) < 4.78 is 11.2. The molecule has 1 unspecified atom stereocenters. The van der Waals surface area contributed by atoms with Crippen molar-refractivity contribution < 1.29 is 9.15 Å². The molecular weight excluding hydrogens is 226 g/mol. The third-order valence-electron chi connectivity index (χ3n) is 3.12. The first-order valence-corrected chi connectivity index (χ1v) is 6.58. The van der Waals surface area contributed by atoms with E-state index in [1.807, 2.05) is 32.2 Å². The number of furan rings is 1. The van der Waals surface area contributed by atoms with E-state index in [9.17, 15) is 0 Å². The molecule has 0 spiro atoms. The van der Waals surface area contributed by atoms with Crippen molar-refractivity contribution in [2.75, 3.05) is 20.3 Å². The van der Waals surface area contributed by atoms with E-state index in [-0.39, 0.29) is 6.04 Å². The highest BCUT2D eigenvalue weighted by Gasteiger charge is 2.13. The van der Waals surface area contributed by atoms with Crippen LogP contribution in [-0.2, 0) is 4.74 Å². The number of nitrogens with one attached hydrogen (secondary N) is 1. The fourth-order valence-electron chi connectivity index (χ4n) is 2.14. The molecule has 0 saturated heterocycles. The third-order valence-corrected chi connectivity index (χ3v) is 3.12. The van der Waals surface area contributed by atoms with E-state index >= 15 is 0 Å². The average Bonchev–Trinajstić information content (AvgIpc) is 2.82. The van der Waals surface area contributed by atoms with Gasteiger partial charge in [0.1, 0.15) is 11.3 Å². The Balaban J connectivity index is 2.02. The minimum absolute atomic E-state index is 0.262. The van der Waals surface area contributed by atoms with Crippen molar-refractivity contribution in [3.63, 3.8) is 0 Å². The molecule has 0 bridgehead atoms. The summed E-state index contributed by atoms with van der Waals surface area (Å²) in [5, 5.41) is 4.47. The number of fused-ring (bicyclic) bond motifs is 1. The van der Waals surface area contributed by atoms with Crippen LogP contribution in [0.25, 0.3) is 11.0 Å². The van der Waals surface area contributed by atoms with Gasteiger partial charge in [-0.2, -0.15) is 0 Å². The van der Waals surface area contributed by atoms with Crippen molar-refractivity contribution in [1.29, 1.82) is 0 Å². The van der Waals surface area contributed by atoms with E-state index in [2.05, 4.69) is 17.4 Å². The van der Waals surface area contributed by atoms with Crippen molar-refractivity contribution in [3.05, 3.63) is 36.1 Å². The second-order valence-electron chi connectivity index (χ2n) is 4.37. The number of hydrogen-bond acceptors (Lipinski definition) is 3. The molecule has 0 aliphatic heterocycles. The van der Waals surface area contributed by atoms with Gasteiger partial charge < -0.3 is 14.5 Å². The lowest BCUT2D eigenvalue weighted by molar-refractivity contribution is 0.140. The van der Waals surface area contributed by atoms with E-state index in [0.717, 1.165) is 42.8 Å². The second kappa shape index (κ2) is 6.57. The van der Waals surface area contributed by atoms with Crippen LogP contribution < -0.4 is 5.32 Å². The van der Waals surface area contributed by atoms with E-state index in [4.69, 9.17) is 9.15 Å². The third kappa shape index (κ3) is 3.12. The molecule has 18 heavy (non-hydrogen) atoms. The molecule has 1 aromatic heterocycles. The second-order valence-corrected chi connectivity index (χ2v) is 4.37. The topological polar surface area (TPSA) is 34.4 Å². The van der Waals surface area contributed by atoms with E-state index in [0.29, 0.717) is 0 Å². The first-order chi connectivity index (χ1) is 8.85. The molecule has 98 valence electrons. The van der Waals surface area contributed by atoms with Crippen LogP contribution in [-0.4, -0.2) is 20.3 Å². The smallest absolute Gasteiger partial charge is 0.134 e. The van der Waals surface area contributed by atoms with Crippen molar-refractivity contribution in [3.8, 4) is 0 Å². The van der Waals surface area contributed by atoms with Crippen LogP contribution in [0.5, 0.6) is 0 Å². The van der Waals surface area contributed by atoms with Crippen LogP contribution in [0.2, 0.25) is 0 Å². The Labute approximate surface area is 108 Å². The standard InChI is InChI=1S/C15H21NO2/c1-3-17-10-6-8-13(16-2)15-11-12-7-4-5-9-14(12)18-15/h4-5,7,9,11,13,16H,3,6,8,10H2,1-2H3. The van der Waals surface area contributed by atoms with Crippen molar-refractivity contribution >= 4 is 11.0 Å². The van der Waals surface area contributed by atoms with E-state index < -0.39 is 0 Å². The predicted molar refractivity (Wildman–Crippen MR) is 73.7 cm³/mol. The van der Waals surface area contributed by atoms with Crippen molar-refractivity contribution in [2.45, 2.75) is 25.8 Å². The van der Waals surface area contributed by atoms with Gasteiger partial charge in [0.25, 0.3) is 0 Å².